The predicted molar refractivity (Wildman–Crippen MR) is 37.6 cm³/mol. The minimum Gasteiger partial charge on any atom is -0.480 e. The molecule has 2 atom stereocenters. The van der Waals surface area contributed by atoms with Crippen LogP contribution < -0.4 is 5.73 Å². The first-order valence-electron chi connectivity index (χ1n) is 3.59. The lowest BCUT2D eigenvalue weighted by Crippen LogP contribution is -2.49. The topological polar surface area (TPSA) is 63.3 Å². The molecule has 3 heteroatoms. The average Bonchev–Trinajstić information content (AvgIpc) is 2.15. The van der Waals surface area contributed by atoms with Crippen LogP contribution in [0.25, 0.3) is 0 Å². The van der Waals surface area contributed by atoms with E-state index >= 15 is 0 Å². The molecule has 1 rings (SSSR count). The molecular weight excluding hydrogens is 130 g/mol. The maximum absolute atomic E-state index is 10.6. The molecule has 1 aliphatic carbocycles. The Hall–Kier alpha value is -0.570. The number of nitrogens with two attached hydrogens (primary N) is 1. The van der Waals surface area contributed by atoms with Gasteiger partial charge in [0.05, 0.1) is 0 Å². The quantitative estimate of drug-likeness (QED) is 0.564. The van der Waals surface area contributed by atoms with Gasteiger partial charge in [0.15, 0.2) is 0 Å². The van der Waals surface area contributed by atoms with Gasteiger partial charge in [0.2, 0.25) is 0 Å². The minimum absolute atomic E-state index is 0.130. The lowest BCUT2D eigenvalue weighted by atomic mass is 9.90. The van der Waals surface area contributed by atoms with Gasteiger partial charge in [0.25, 0.3) is 0 Å². The summed E-state index contributed by atoms with van der Waals surface area (Å²) in [4.78, 5) is 10.6. The second-order valence-electron chi connectivity index (χ2n) is 3.14. The van der Waals surface area contributed by atoms with E-state index < -0.39 is 11.5 Å². The van der Waals surface area contributed by atoms with Crippen molar-refractivity contribution < 1.29 is 9.90 Å². The normalized spacial score (nSPS) is 40.0. The van der Waals surface area contributed by atoms with Crippen LogP contribution in [0.4, 0.5) is 0 Å². The van der Waals surface area contributed by atoms with Crippen LogP contribution in [-0.4, -0.2) is 16.6 Å². The van der Waals surface area contributed by atoms with Gasteiger partial charge >= 0.3 is 5.97 Å². The zero-order valence-corrected chi connectivity index (χ0v) is 6.13. The van der Waals surface area contributed by atoms with Gasteiger partial charge in [-0.1, -0.05) is 13.3 Å². The second-order valence-corrected chi connectivity index (χ2v) is 3.14. The molecule has 0 unspecified atom stereocenters. The van der Waals surface area contributed by atoms with E-state index in [-0.39, 0.29) is 5.92 Å². The molecule has 0 heterocycles. The van der Waals surface area contributed by atoms with E-state index in [2.05, 4.69) is 0 Å². The van der Waals surface area contributed by atoms with Gasteiger partial charge in [-0.05, 0) is 18.8 Å². The van der Waals surface area contributed by atoms with Crippen LogP contribution in [0, 0.1) is 5.92 Å². The highest BCUT2D eigenvalue weighted by Crippen LogP contribution is 2.33. The lowest BCUT2D eigenvalue weighted by Gasteiger charge is -2.22. The maximum atomic E-state index is 10.6. The summed E-state index contributed by atoms with van der Waals surface area (Å²) in [5.74, 6) is -0.720. The first-order valence-corrected chi connectivity index (χ1v) is 3.59. The van der Waals surface area contributed by atoms with Gasteiger partial charge < -0.3 is 10.8 Å². The van der Waals surface area contributed by atoms with Crippen molar-refractivity contribution in [3.63, 3.8) is 0 Å². The molecule has 0 amide bonds. The monoisotopic (exact) mass is 143 g/mol. The van der Waals surface area contributed by atoms with Crippen LogP contribution in [-0.2, 0) is 4.79 Å². The number of hydrogen-bond acceptors (Lipinski definition) is 2. The van der Waals surface area contributed by atoms with Crippen molar-refractivity contribution >= 4 is 5.97 Å². The van der Waals surface area contributed by atoms with Crippen LogP contribution in [0.5, 0.6) is 0 Å². The fraction of sp³-hybridized carbons (Fsp3) is 0.857. The molecule has 0 bridgehead atoms. The van der Waals surface area contributed by atoms with Gasteiger partial charge in [-0.3, -0.25) is 4.79 Å². The van der Waals surface area contributed by atoms with Crippen LogP contribution in [0.15, 0.2) is 0 Å². The second kappa shape index (κ2) is 2.23. The maximum Gasteiger partial charge on any atom is 0.323 e. The summed E-state index contributed by atoms with van der Waals surface area (Å²) in [7, 11) is 0. The van der Waals surface area contributed by atoms with E-state index in [1.165, 1.54) is 0 Å². The smallest absolute Gasteiger partial charge is 0.323 e. The summed E-state index contributed by atoms with van der Waals surface area (Å²) in [5, 5.41) is 8.72. The summed E-state index contributed by atoms with van der Waals surface area (Å²) >= 11 is 0. The van der Waals surface area contributed by atoms with E-state index in [1.807, 2.05) is 6.92 Å². The van der Waals surface area contributed by atoms with Crippen molar-refractivity contribution in [3.8, 4) is 0 Å². The average molecular weight is 143 g/mol. The molecule has 1 saturated carbocycles. The Morgan fingerprint density at radius 1 is 1.80 bits per heavy atom. The fourth-order valence-corrected chi connectivity index (χ4v) is 1.52. The van der Waals surface area contributed by atoms with Crippen molar-refractivity contribution in [2.45, 2.75) is 31.7 Å². The van der Waals surface area contributed by atoms with Crippen LogP contribution in [0.2, 0.25) is 0 Å². The predicted octanol–water partition coefficient (Wildman–Crippen LogP) is 0.588. The van der Waals surface area contributed by atoms with Gasteiger partial charge in [-0.2, -0.15) is 0 Å². The van der Waals surface area contributed by atoms with Gasteiger partial charge in [0, 0.05) is 0 Å². The van der Waals surface area contributed by atoms with E-state index in [9.17, 15) is 4.79 Å². The Kier molecular flexibility index (Phi) is 1.68. The highest BCUT2D eigenvalue weighted by atomic mass is 16.4. The third-order valence-electron chi connectivity index (χ3n) is 2.51. The molecule has 0 aliphatic heterocycles. The molecule has 0 aromatic heterocycles. The Morgan fingerprint density at radius 2 is 2.40 bits per heavy atom. The third kappa shape index (κ3) is 0.904. The van der Waals surface area contributed by atoms with Crippen molar-refractivity contribution in [2.75, 3.05) is 0 Å². The highest BCUT2D eigenvalue weighted by molar-refractivity contribution is 5.79. The first kappa shape index (κ1) is 7.54. The molecular formula is C7H13NO2. The van der Waals surface area contributed by atoms with E-state index in [0.717, 1.165) is 12.8 Å². The fourth-order valence-electron chi connectivity index (χ4n) is 1.52. The van der Waals surface area contributed by atoms with E-state index in [0.29, 0.717) is 6.42 Å². The zero-order chi connectivity index (χ0) is 7.78. The van der Waals surface area contributed by atoms with Crippen LogP contribution in [0.3, 0.4) is 0 Å². The molecule has 3 nitrogen and oxygen atoms in total. The SMILES string of the molecule is C[C@@H]1CCC[C@@]1(N)C(=O)O. The highest BCUT2D eigenvalue weighted by Gasteiger charge is 2.43. The summed E-state index contributed by atoms with van der Waals surface area (Å²) in [5.41, 5.74) is 4.72. The Bertz CT molecular complexity index is 158. The van der Waals surface area contributed by atoms with Crippen LogP contribution in [0.1, 0.15) is 26.2 Å². The number of aliphatic carboxylic acids is 1. The standard InChI is InChI=1S/C7H13NO2/c1-5-3-2-4-7(5,8)6(9)10/h5H,2-4,8H2,1H3,(H,9,10)/t5-,7+/m1/s1. The van der Waals surface area contributed by atoms with E-state index in [4.69, 9.17) is 10.8 Å². The molecule has 58 valence electrons. The van der Waals surface area contributed by atoms with Gasteiger partial charge in [0.1, 0.15) is 5.54 Å². The Balaban J connectivity index is 2.75. The number of rotatable bonds is 1. The molecule has 1 fully saturated rings. The Labute approximate surface area is 60.2 Å². The largest absolute Gasteiger partial charge is 0.480 e. The summed E-state index contributed by atoms with van der Waals surface area (Å²) in [6.45, 7) is 1.90. The molecule has 0 aromatic carbocycles. The number of carboxylic acid groups (broad SMARTS) is 1. The minimum atomic E-state index is -0.931. The van der Waals surface area contributed by atoms with Gasteiger partial charge in [-0.25, -0.2) is 0 Å². The molecule has 0 radical (unpaired) electrons. The van der Waals surface area contributed by atoms with Crippen molar-refractivity contribution in [2.24, 2.45) is 11.7 Å². The number of hydrogen-bond donors (Lipinski definition) is 2. The van der Waals surface area contributed by atoms with Gasteiger partial charge in [-0.15, -0.1) is 0 Å². The van der Waals surface area contributed by atoms with Crippen molar-refractivity contribution in [1.82, 2.24) is 0 Å². The van der Waals surface area contributed by atoms with Crippen LogP contribution >= 0.6 is 0 Å². The molecule has 1 aliphatic rings. The first-order chi connectivity index (χ1) is 4.57. The summed E-state index contributed by atoms with van der Waals surface area (Å²) in [6.07, 6.45) is 2.52. The molecule has 0 saturated heterocycles. The number of carboxylic acids is 1. The van der Waals surface area contributed by atoms with Crippen molar-refractivity contribution in [1.29, 1.82) is 0 Å². The Morgan fingerprint density at radius 3 is 2.60 bits per heavy atom. The molecule has 0 aromatic rings. The molecule has 3 N–H and O–H groups in total. The number of carbonyl (C=O) groups is 1. The summed E-state index contributed by atoms with van der Waals surface area (Å²) in [6, 6.07) is 0. The zero-order valence-electron chi connectivity index (χ0n) is 6.13. The summed E-state index contributed by atoms with van der Waals surface area (Å²) < 4.78 is 0. The third-order valence-corrected chi connectivity index (χ3v) is 2.51. The van der Waals surface area contributed by atoms with Crippen molar-refractivity contribution in [3.05, 3.63) is 0 Å². The molecule has 0 spiro atoms. The van der Waals surface area contributed by atoms with E-state index in [1.54, 1.807) is 0 Å². The molecule has 10 heavy (non-hydrogen) atoms. The lowest BCUT2D eigenvalue weighted by molar-refractivity contribution is -0.144.